The van der Waals surface area contributed by atoms with Gasteiger partial charge in [-0.1, -0.05) is 44.4 Å². The number of halogens is 1. The third kappa shape index (κ3) is 6.37. The molecule has 0 fully saturated rings. The second-order valence-electron chi connectivity index (χ2n) is 6.10. The maximum absolute atomic E-state index is 11.8. The summed E-state index contributed by atoms with van der Waals surface area (Å²) < 4.78 is 23.6. The van der Waals surface area contributed by atoms with Crippen molar-refractivity contribution in [2.45, 2.75) is 57.5 Å². The SMILES string of the molecule is CC(C)CCCC(C)NCc1c(Cl)cccc1S(C)(=O)=O. The van der Waals surface area contributed by atoms with E-state index in [4.69, 9.17) is 11.6 Å². The Balaban J connectivity index is 2.67. The molecular weight excluding hydrogens is 306 g/mol. The highest BCUT2D eigenvalue weighted by Crippen LogP contribution is 2.24. The summed E-state index contributed by atoms with van der Waals surface area (Å²) in [5.74, 6) is 0.720. The first-order valence-electron chi connectivity index (χ1n) is 7.42. The third-order valence-electron chi connectivity index (χ3n) is 3.52. The molecule has 1 aromatic carbocycles. The molecule has 0 aliphatic rings. The van der Waals surface area contributed by atoms with E-state index in [-0.39, 0.29) is 0 Å². The second kappa shape index (κ2) is 8.16. The van der Waals surface area contributed by atoms with E-state index in [0.29, 0.717) is 28.1 Å². The average molecular weight is 332 g/mol. The monoisotopic (exact) mass is 331 g/mol. The van der Waals surface area contributed by atoms with Crippen molar-refractivity contribution in [3.05, 3.63) is 28.8 Å². The molecule has 1 unspecified atom stereocenters. The lowest BCUT2D eigenvalue weighted by molar-refractivity contribution is 0.456. The lowest BCUT2D eigenvalue weighted by Gasteiger charge is -2.16. The van der Waals surface area contributed by atoms with E-state index in [1.807, 2.05) is 0 Å². The predicted octanol–water partition coefficient (Wildman–Crippen LogP) is 4.05. The van der Waals surface area contributed by atoms with Gasteiger partial charge in [-0.2, -0.15) is 0 Å². The van der Waals surface area contributed by atoms with Crippen LogP contribution in [0.5, 0.6) is 0 Å². The van der Waals surface area contributed by atoms with Crippen LogP contribution in [-0.2, 0) is 16.4 Å². The van der Waals surface area contributed by atoms with E-state index in [1.54, 1.807) is 18.2 Å². The standard InChI is InChI=1S/C16H26ClNO2S/c1-12(2)7-5-8-13(3)18-11-14-15(17)9-6-10-16(14)21(4,19)20/h6,9-10,12-13,18H,5,7-8,11H2,1-4H3. The van der Waals surface area contributed by atoms with Gasteiger partial charge in [-0.25, -0.2) is 8.42 Å². The molecule has 1 atom stereocenters. The molecule has 1 rings (SSSR count). The van der Waals surface area contributed by atoms with Crippen molar-refractivity contribution in [3.8, 4) is 0 Å². The van der Waals surface area contributed by atoms with Crippen molar-refractivity contribution in [3.63, 3.8) is 0 Å². The van der Waals surface area contributed by atoms with Crippen LogP contribution in [0.4, 0.5) is 0 Å². The Morgan fingerprint density at radius 1 is 1.19 bits per heavy atom. The summed E-state index contributed by atoms with van der Waals surface area (Å²) in [4.78, 5) is 0.317. The van der Waals surface area contributed by atoms with Crippen LogP contribution >= 0.6 is 11.6 Å². The van der Waals surface area contributed by atoms with Crippen molar-refractivity contribution in [2.24, 2.45) is 5.92 Å². The first-order chi connectivity index (χ1) is 9.71. The number of nitrogens with one attached hydrogen (secondary N) is 1. The fraction of sp³-hybridized carbons (Fsp3) is 0.625. The molecule has 0 saturated carbocycles. The van der Waals surface area contributed by atoms with Gasteiger partial charge >= 0.3 is 0 Å². The minimum atomic E-state index is -3.26. The summed E-state index contributed by atoms with van der Waals surface area (Å²) in [6.07, 6.45) is 4.69. The maximum Gasteiger partial charge on any atom is 0.175 e. The normalized spacial score (nSPS) is 13.6. The third-order valence-corrected chi connectivity index (χ3v) is 5.06. The number of benzene rings is 1. The maximum atomic E-state index is 11.8. The fourth-order valence-electron chi connectivity index (χ4n) is 2.27. The van der Waals surface area contributed by atoms with Gasteiger partial charge in [-0.05, 0) is 31.4 Å². The highest BCUT2D eigenvalue weighted by atomic mass is 35.5. The molecule has 0 amide bonds. The number of hydrogen-bond acceptors (Lipinski definition) is 3. The van der Waals surface area contributed by atoms with E-state index >= 15 is 0 Å². The molecule has 120 valence electrons. The Labute approximate surface area is 134 Å². The molecule has 0 saturated heterocycles. The quantitative estimate of drug-likeness (QED) is 0.781. The molecule has 0 radical (unpaired) electrons. The highest BCUT2D eigenvalue weighted by Gasteiger charge is 2.16. The smallest absolute Gasteiger partial charge is 0.175 e. The molecule has 0 aliphatic carbocycles. The number of sulfone groups is 1. The van der Waals surface area contributed by atoms with Gasteiger partial charge in [0.15, 0.2) is 9.84 Å². The molecule has 0 bridgehead atoms. The van der Waals surface area contributed by atoms with Gasteiger partial charge < -0.3 is 5.32 Å². The molecule has 21 heavy (non-hydrogen) atoms. The van der Waals surface area contributed by atoms with Crippen molar-refractivity contribution in [2.75, 3.05) is 6.26 Å². The first kappa shape index (κ1) is 18.5. The Bertz CT molecular complexity index is 555. The van der Waals surface area contributed by atoms with Crippen LogP contribution in [0.2, 0.25) is 5.02 Å². The van der Waals surface area contributed by atoms with Gasteiger partial charge in [0.1, 0.15) is 0 Å². The number of rotatable bonds is 8. The van der Waals surface area contributed by atoms with E-state index in [9.17, 15) is 8.42 Å². The Kier molecular flexibility index (Phi) is 7.17. The summed E-state index contributed by atoms with van der Waals surface area (Å²) in [7, 11) is -3.26. The van der Waals surface area contributed by atoms with Crippen LogP contribution in [0.15, 0.2) is 23.1 Å². The zero-order chi connectivity index (χ0) is 16.0. The van der Waals surface area contributed by atoms with E-state index < -0.39 is 9.84 Å². The largest absolute Gasteiger partial charge is 0.310 e. The average Bonchev–Trinajstić information content (AvgIpc) is 2.35. The van der Waals surface area contributed by atoms with Gasteiger partial charge in [0.05, 0.1) is 4.90 Å². The van der Waals surface area contributed by atoms with Crippen molar-refractivity contribution >= 4 is 21.4 Å². The molecule has 1 N–H and O–H groups in total. The topological polar surface area (TPSA) is 46.2 Å². The van der Waals surface area contributed by atoms with E-state index in [0.717, 1.165) is 12.3 Å². The Hall–Kier alpha value is -0.580. The second-order valence-corrected chi connectivity index (χ2v) is 8.49. The molecule has 3 nitrogen and oxygen atoms in total. The molecule has 5 heteroatoms. The summed E-state index contributed by atoms with van der Waals surface area (Å²) in [5, 5.41) is 3.88. The zero-order valence-corrected chi connectivity index (χ0v) is 14.9. The van der Waals surface area contributed by atoms with Gasteiger partial charge in [-0.15, -0.1) is 0 Å². The van der Waals surface area contributed by atoms with Crippen LogP contribution in [0.25, 0.3) is 0 Å². The van der Waals surface area contributed by atoms with Crippen molar-refractivity contribution in [1.29, 1.82) is 0 Å². The molecule has 0 aromatic heterocycles. The highest BCUT2D eigenvalue weighted by molar-refractivity contribution is 7.90. The summed E-state index contributed by atoms with van der Waals surface area (Å²) in [6.45, 7) is 7.04. The van der Waals surface area contributed by atoms with Gasteiger partial charge in [0.2, 0.25) is 0 Å². The molecule has 1 aromatic rings. The summed E-state index contributed by atoms with van der Waals surface area (Å²) in [5.41, 5.74) is 0.664. The fourth-order valence-corrected chi connectivity index (χ4v) is 3.52. The number of hydrogen-bond donors (Lipinski definition) is 1. The summed E-state index contributed by atoms with van der Waals surface area (Å²) >= 11 is 6.16. The van der Waals surface area contributed by atoms with Gasteiger partial charge in [0.25, 0.3) is 0 Å². The predicted molar refractivity (Wildman–Crippen MR) is 89.6 cm³/mol. The first-order valence-corrected chi connectivity index (χ1v) is 9.69. The molecule has 0 aliphatic heterocycles. The minimum Gasteiger partial charge on any atom is -0.310 e. The van der Waals surface area contributed by atoms with E-state index in [2.05, 4.69) is 26.1 Å². The minimum absolute atomic E-state index is 0.317. The van der Waals surface area contributed by atoms with Crippen LogP contribution < -0.4 is 5.32 Å². The molecule has 0 spiro atoms. The lowest BCUT2D eigenvalue weighted by Crippen LogP contribution is -2.26. The Morgan fingerprint density at radius 3 is 2.43 bits per heavy atom. The van der Waals surface area contributed by atoms with Crippen molar-refractivity contribution in [1.82, 2.24) is 5.32 Å². The van der Waals surface area contributed by atoms with Gasteiger partial charge in [0, 0.05) is 29.4 Å². The van der Waals surface area contributed by atoms with Crippen molar-refractivity contribution < 1.29 is 8.42 Å². The van der Waals surface area contributed by atoms with Crippen LogP contribution in [0, 0.1) is 5.92 Å². The van der Waals surface area contributed by atoms with E-state index in [1.165, 1.54) is 19.1 Å². The summed E-state index contributed by atoms with van der Waals surface area (Å²) in [6, 6.07) is 5.36. The van der Waals surface area contributed by atoms with Crippen LogP contribution in [0.1, 0.15) is 45.6 Å². The van der Waals surface area contributed by atoms with Crippen LogP contribution in [-0.4, -0.2) is 20.7 Å². The Morgan fingerprint density at radius 2 is 1.86 bits per heavy atom. The molecular formula is C16H26ClNO2S. The van der Waals surface area contributed by atoms with Crippen LogP contribution in [0.3, 0.4) is 0 Å². The zero-order valence-electron chi connectivity index (χ0n) is 13.3. The van der Waals surface area contributed by atoms with Gasteiger partial charge in [-0.3, -0.25) is 0 Å². The molecule has 0 heterocycles. The lowest BCUT2D eigenvalue weighted by atomic mass is 10.0.